The number of alkyl halides is 6. The molecule has 2 radical (unpaired) electrons. The van der Waals surface area contributed by atoms with Crippen LogP contribution in [0.5, 0.6) is 5.75 Å². The second-order valence-electron chi connectivity index (χ2n) is 3.87. The minimum Gasteiger partial charge on any atom is -0.741 e. The molecule has 0 aliphatic carbocycles. The van der Waals surface area contributed by atoms with Gasteiger partial charge in [0.2, 0.25) is 5.60 Å². The summed E-state index contributed by atoms with van der Waals surface area (Å²) < 4.78 is 124. The number of halogens is 9. The Bertz CT molecular complexity index is 572. The predicted octanol–water partition coefficient (Wildman–Crippen LogP) is 0.371. The molecule has 0 N–H and O–H groups in total. The zero-order chi connectivity index (χ0) is 16.2. The molecule has 0 spiro atoms. The second kappa shape index (κ2) is 5.58. The van der Waals surface area contributed by atoms with E-state index in [1.54, 1.807) is 0 Å². The molecule has 0 fully saturated rings. The number of fused-ring (bicyclic) bond motifs is 1. The van der Waals surface area contributed by atoms with Crippen LogP contribution in [0.15, 0.2) is 6.07 Å². The van der Waals surface area contributed by atoms with E-state index < -0.39 is 46.7 Å². The van der Waals surface area contributed by atoms with Crippen molar-refractivity contribution < 1.29 is 67.7 Å². The van der Waals surface area contributed by atoms with Gasteiger partial charge in [-0.25, -0.2) is 13.2 Å². The van der Waals surface area contributed by atoms with Gasteiger partial charge in [-0.15, -0.1) is 0 Å². The maximum atomic E-state index is 13.5. The van der Waals surface area contributed by atoms with E-state index in [0.29, 0.717) is 0 Å². The first-order valence-electron chi connectivity index (χ1n) is 4.91. The van der Waals surface area contributed by atoms with Gasteiger partial charge in [-0.3, -0.25) is 0 Å². The van der Waals surface area contributed by atoms with Gasteiger partial charge in [0.25, 0.3) is 0 Å². The van der Waals surface area contributed by atoms with Gasteiger partial charge in [-0.05, 0) is 0 Å². The average Bonchev–Trinajstić information content (AvgIpc) is 2.32. The molecule has 0 saturated carbocycles. The summed E-state index contributed by atoms with van der Waals surface area (Å²) in [5.41, 5.74) is -7.53. The predicted molar refractivity (Wildman–Crippen MR) is 47.6 cm³/mol. The minimum atomic E-state index is -6.22. The Morgan fingerprint density at radius 3 is 1.86 bits per heavy atom. The van der Waals surface area contributed by atoms with Crippen molar-refractivity contribution in [2.24, 2.45) is 0 Å². The Hall–Kier alpha value is -0.988. The number of hydrogen-bond donors (Lipinski definition) is 0. The van der Waals surface area contributed by atoms with Gasteiger partial charge >= 0.3 is 31.2 Å². The van der Waals surface area contributed by atoms with Gasteiger partial charge in [0.1, 0.15) is 0 Å². The fraction of sp³-hybridized carbons (Fsp3) is 0.333. The van der Waals surface area contributed by atoms with Crippen LogP contribution in [-0.2, 0) is 10.3 Å². The molecule has 22 heavy (non-hydrogen) atoms. The standard InChI is InChI=1S/C9HBF9O2.Li/c11-2-1-3-4(6(13)5(2)12)7(8(14,15)16,9(17,18)19)21-10-20-3;/h1H;/q-1;+1. The van der Waals surface area contributed by atoms with Gasteiger partial charge in [0, 0.05) is 6.07 Å². The van der Waals surface area contributed by atoms with Crippen molar-refractivity contribution >= 4 is 7.69 Å². The van der Waals surface area contributed by atoms with E-state index >= 15 is 0 Å². The van der Waals surface area contributed by atoms with Gasteiger partial charge < -0.3 is 9.31 Å². The maximum absolute atomic E-state index is 13.5. The number of benzene rings is 1. The van der Waals surface area contributed by atoms with Crippen LogP contribution in [-0.4, -0.2) is 20.0 Å². The quantitative estimate of drug-likeness (QED) is 0.389. The monoisotopic (exact) mass is 330 g/mol. The summed E-state index contributed by atoms with van der Waals surface area (Å²) in [5, 5.41) is 0. The smallest absolute Gasteiger partial charge is 0.741 e. The Morgan fingerprint density at radius 2 is 1.41 bits per heavy atom. The Labute approximate surface area is 129 Å². The Balaban J connectivity index is 0.00000242. The summed E-state index contributed by atoms with van der Waals surface area (Å²) in [6, 6.07) is -0.140. The molecular weight excluding hydrogens is 329 g/mol. The third kappa shape index (κ3) is 2.47. The molecule has 0 aromatic heterocycles. The third-order valence-electron chi connectivity index (χ3n) is 2.68. The molecule has 0 saturated heterocycles. The molecular formula is C9HBF9LiO2. The summed E-state index contributed by atoms with van der Waals surface area (Å²) in [7, 11) is -0.375. The summed E-state index contributed by atoms with van der Waals surface area (Å²) in [4.78, 5) is 0. The van der Waals surface area contributed by atoms with Crippen LogP contribution in [0.4, 0.5) is 39.5 Å². The van der Waals surface area contributed by atoms with Crippen LogP contribution in [0.1, 0.15) is 5.56 Å². The van der Waals surface area contributed by atoms with E-state index in [4.69, 9.17) is 0 Å². The minimum absolute atomic E-state index is 0. The van der Waals surface area contributed by atoms with Crippen LogP contribution >= 0.6 is 0 Å². The van der Waals surface area contributed by atoms with Crippen molar-refractivity contribution in [3.05, 3.63) is 29.1 Å². The number of rotatable bonds is 0. The molecule has 1 aromatic rings. The Morgan fingerprint density at radius 1 is 0.909 bits per heavy atom. The van der Waals surface area contributed by atoms with Crippen molar-refractivity contribution in [3.63, 3.8) is 0 Å². The first kappa shape index (κ1) is 19.1. The fourth-order valence-corrected chi connectivity index (χ4v) is 1.78. The first-order chi connectivity index (χ1) is 9.43. The Kier molecular flexibility index (Phi) is 4.83. The molecule has 2 nitrogen and oxygen atoms in total. The van der Waals surface area contributed by atoms with E-state index in [9.17, 15) is 39.5 Å². The van der Waals surface area contributed by atoms with Gasteiger partial charge in [0.05, 0.1) is 19.0 Å². The van der Waals surface area contributed by atoms with Crippen molar-refractivity contribution in [2.75, 3.05) is 0 Å². The van der Waals surface area contributed by atoms with Crippen LogP contribution in [0.3, 0.4) is 0 Å². The number of hydrogen-bond acceptors (Lipinski definition) is 2. The maximum Gasteiger partial charge on any atom is 1.00 e. The van der Waals surface area contributed by atoms with Crippen LogP contribution in [0.25, 0.3) is 0 Å². The molecule has 1 heterocycles. The summed E-state index contributed by atoms with van der Waals surface area (Å²) in [6.07, 6.45) is -12.4. The zero-order valence-corrected chi connectivity index (χ0v) is 10.4. The van der Waals surface area contributed by atoms with Crippen LogP contribution in [0.2, 0.25) is 0 Å². The van der Waals surface area contributed by atoms with E-state index in [2.05, 4.69) is 9.31 Å². The third-order valence-corrected chi connectivity index (χ3v) is 2.68. The molecule has 1 aromatic carbocycles. The van der Waals surface area contributed by atoms with Gasteiger partial charge in [-0.1, -0.05) is 0 Å². The SMILES string of the molecule is Fc1cc2c(c(F)c1F)C(C(F)(F)F)(C(F)(F)F)O[B-]O2.[Li+]. The van der Waals surface area contributed by atoms with Crippen molar-refractivity contribution in [1.29, 1.82) is 0 Å². The van der Waals surface area contributed by atoms with E-state index in [1.807, 2.05) is 0 Å². The molecule has 1 aliphatic rings. The molecule has 0 bridgehead atoms. The molecule has 0 atom stereocenters. The first-order valence-corrected chi connectivity index (χ1v) is 4.91. The molecule has 1 aliphatic heterocycles. The van der Waals surface area contributed by atoms with E-state index in [1.165, 1.54) is 0 Å². The van der Waals surface area contributed by atoms with E-state index in [-0.39, 0.29) is 32.6 Å². The van der Waals surface area contributed by atoms with Crippen LogP contribution in [0, 0.1) is 17.5 Å². The van der Waals surface area contributed by atoms with Crippen molar-refractivity contribution in [2.45, 2.75) is 18.0 Å². The summed E-state index contributed by atoms with van der Waals surface area (Å²) in [5.74, 6) is -8.72. The zero-order valence-electron chi connectivity index (χ0n) is 10.4. The molecule has 2 rings (SSSR count). The summed E-state index contributed by atoms with van der Waals surface area (Å²) >= 11 is 0. The average molecular weight is 330 g/mol. The molecule has 0 unspecified atom stereocenters. The van der Waals surface area contributed by atoms with Gasteiger partial charge in [-0.2, -0.15) is 26.3 Å². The summed E-state index contributed by atoms with van der Waals surface area (Å²) in [6.45, 7) is 0. The van der Waals surface area contributed by atoms with Crippen LogP contribution < -0.4 is 23.5 Å². The van der Waals surface area contributed by atoms with Crippen molar-refractivity contribution in [1.82, 2.24) is 0 Å². The molecule has 116 valence electrons. The van der Waals surface area contributed by atoms with Gasteiger partial charge in [0.15, 0.2) is 17.5 Å². The normalized spacial score (nSPS) is 17.3. The fourth-order valence-electron chi connectivity index (χ4n) is 1.78. The largest absolute Gasteiger partial charge is 1.00 e. The molecule has 0 amide bonds. The topological polar surface area (TPSA) is 18.5 Å². The van der Waals surface area contributed by atoms with Crippen molar-refractivity contribution in [3.8, 4) is 5.75 Å². The van der Waals surface area contributed by atoms with E-state index in [0.717, 1.165) is 0 Å². The molecule has 13 heteroatoms. The second-order valence-corrected chi connectivity index (χ2v) is 3.87.